The van der Waals surface area contributed by atoms with Gasteiger partial charge in [-0.15, -0.1) is 0 Å². The van der Waals surface area contributed by atoms with Crippen LogP contribution in [0.5, 0.6) is 0 Å². The molecule has 0 aromatic rings. The predicted octanol–water partition coefficient (Wildman–Crippen LogP) is 1.90. The average Bonchev–Trinajstić information content (AvgIpc) is 2.67. The van der Waals surface area contributed by atoms with Crippen LogP contribution in [0.15, 0.2) is 0 Å². The van der Waals surface area contributed by atoms with Crippen molar-refractivity contribution >= 4 is 5.78 Å². The summed E-state index contributed by atoms with van der Waals surface area (Å²) in [5, 5.41) is 0. The summed E-state index contributed by atoms with van der Waals surface area (Å²) < 4.78 is 11.7. The highest BCUT2D eigenvalue weighted by Gasteiger charge is 2.51. The topological polar surface area (TPSA) is 35.5 Å². The zero-order valence-corrected chi connectivity index (χ0v) is 9.04. The van der Waals surface area contributed by atoms with Crippen LogP contribution in [0.1, 0.15) is 38.5 Å². The molecule has 0 N–H and O–H groups in total. The van der Waals surface area contributed by atoms with E-state index in [1.165, 1.54) is 6.42 Å². The first kappa shape index (κ1) is 9.79. The number of carbonyl (C=O) groups excluding carboxylic acids is 1. The van der Waals surface area contributed by atoms with Crippen molar-refractivity contribution in [3.63, 3.8) is 0 Å². The fourth-order valence-corrected chi connectivity index (χ4v) is 3.60. The molecule has 0 aromatic carbocycles. The zero-order chi connectivity index (χ0) is 10.3. The lowest BCUT2D eigenvalue weighted by Crippen LogP contribution is -2.48. The van der Waals surface area contributed by atoms with E-state index in [0.717, 1.165) is 45.3 Å². The van der Waals surface area contributed by atoms with Crippen LogP contribution in [0.3, 0.4) is 0 Å². The molecule has 2 saturated carbocycles. The summed E-state index contributed by atoms with van der Waals surface area (Å²) in [5.74, 6) is 1.14. The number of ketones is 1. The monoisotopic (exact) mass is 210 g/mol. The van der Waals surface area contributed by atoms with E-state index in [4.69, 9.17) is 9.47 Å². The minimum Gasteiger partial charge on any atom is -0.347 e. The molecule has 3 fully saturated rings. The SMILES string of the molecule is O=C1CC[C@@H]2[C@H](CCCC23OCCO3)C1. The van der Waals surface area contributed by atoms with E-state index < -0.39 is 0 Å². The van der Waals surface area contributed by atoms with Crippen molar-refractivity contribution in [3.8, 4) is 0 Å². The molecule has 0 radical (unpaired) electrons. The zero-order valence-electron chi connectivity index (χ0n) is 9.04. The molecule has 3 heteroatoms. The van der Waals surface area contributed by atoms with Crippen LogP contribution in [0, 0.1) is 11.8 Å². The summed E-state index contributed by atoms with van der Waals surface area (Å²) in [6.45, 7) is 1.47. The number of hydrogen-bond acceptors (Lipinski definition) is 3. The molecule has 0 aromatic heterocycles. The Kier molecular flexibility index (Phi) is 2.33. The van der Waals surface area contributed by atoms with Crippen LogP contribution >= 0.6 is 0 Å². The Hall–Kier alpha value is -0.410. The molecule has 15 heavy (non-hydrogen) atoms. The van der Waals surface area contributed by atoms with Gasteiger partial charge in [0.15, 0.2) is 5.79 Å². The van der Waals surface area contributed by atoms with Crippen LogP contribution in [0.4, 0.5) is 0 Å². The fraction of sp³-hybridized carbons (Fsp3) is 0.917. The predicted molar refractivity (Wildman–Crippen MR) is 54.3 cm³/mol. The maximum atomic E-state index is 11.4. The van der Waals surface area contributed by atoms with Crippen molar-refractivity contribution in [1.29, 1.82) is 0 Å². The third kappa shape index (κ3) is 1.53. The summed E-state index contributed by atoms with van der Waals surface area (Å²) in [6.07, 6.45) is 5.83. The molecule has 3 rings (SSSR count). The van der Waals surface area contributed by atoms with Crippen LogP contribution in [0.25, 0.3) is 0 Å². The van der Waals surface area contributed by atoms with Crippen LogP contribution in [0.2, 0.25) is 0 Å². The largest absolute Gasteiger partial charge is 0.347 e. The molecular formula is C12H18O3. The van der Waals surface area contributed by atoms with Gasteiger partial charge in [-0.25, -0.2) is 0 Å². The second-order valence-corrected chi connectivity index (χ2v) is 5.05. The Morgan fingerprint density at radius 3 is 2.80 bits per heavy atom. The molecule has 1 spiro atoms. The number of hydrogen-bond donors (Lipinski definition) is 0. The van der Waals surface area contributed by atoms with E-state index in [0.29, 0.717) is 17.6 Å². The minimum absolute atomic E-state index is 0.302. The number of rotatable bonds is 0. The highest BCUT2D eigenvalue weighted by molar-refractivity contribution is 5.79. The smallest absolute Gasteiger partial charge is 0.171 e. The lowest BCUT2D eigenvalue weighted by atomic mass is 9.67. The van der Waals surface area contributed by atoms with E-state index in [-0.39, 0.29) is 5.79 Å². The lowest BCUT2D eigenvalue weighted by Gasteiger charge is -2.46. The molecule has 2 atom stereocenters. The number of ether oxygens (including phenoxy) is 2. The second-order valence-electron chi connectivity index (χ2n) is 5.05. The van der Waals surface area contributed by atoms with Crippen LogP contribution < -0.4 is 0 Å². The molecule has 0 unspecified atom stereocenters. The summed E-state index contributed by atoms with van der Waals surface area (Å²) in [7, 11) is 0. The molecular weight excluding hydrogens is 192 g/mol. The molecule has 3 aliphatic rings. The van der Waals surface area contributed by atoms with Gasteiger partial charge in [-0.3, -0.25) is 4.79 Å². The third-order valence-corrected chi connectivity index (χ3v) is 4.23. The Morgan fingerprint density at radius 2 is 2.00 bits per heavy atom. The molecule has 0 bridgehead atoms. The summed E-state index contributed by atoms with van der Waals surface area (Å²) >= 11 is 0. The van der Waals surface area contributed by atoms with Gasteiger partial charge in [0.25, 0.3) is 0 Å². The third-order valence-electron chi connectivity index (χ3n) is 4.23. The maximum Gasteiger partial charge on any atom is 0.171 e. The average molecular weight is 210 g/mol. The van der Waals surface area contributed by atoms with E-state index >= 15 is 0 Å². The van der Waals surface area contributed by atoms with Crippen LogP contribution in [-0.2, 0) is 14.3 Å². The number of fused-ring (bicyclic) bond motifs is 2. The van der Waals surface area contributed by atoms with E-state index in [2.05, 4.69) is 0 Å². The van der Waals surface area contributed by atoms with Gasteiger partial charge >= 0.3 is 0 Å². The van der Waals surface area contributed by atoms with E-state index in [9.17, 15) is 4.79 Å². The van der Waals surface area contributed by atoms with Crippen LogP contribution in [-0.4, -0.2) is 24.8 Å². The number of carbonyl (C=O) groups is 1. The molecule has 1 saturated heterocycles. The normalized spacial score (nSPS) is 39.3. The summed E-state index contributed by atoms with van der Waals surface area (Å²) in [5.41, 5.74) is 0. The standard InChI is InChI=1S/C12H18O3/c13-10-3-4-11-9(8-10)2-1-5-12(11)14-6-7-15-12/h9,11H,1-8H2/t9-,11-/m1/s1. The van der Waals surface area contributed by atoms with Crippen molar-refractivity contribution in [1.82, 2.24) is 0 Å². The Balaban J connectivity index is 1.82. The highest BCUT2D eigenvalue weighted by atomic mass is 16.7. The van der Waals surface area contributed by atoms with E-state index in [1.807, 2.05) is 0 Å². The maximum absolute atomic E-state index is 11.4. The molecule has 1 aliphatic heterocycles. The molecule has 0 amide bonds. The highest BCUT2D eigenvalue weighted by Crippen LogP contribution is 2.48. The van der Waals surface area contributed by atoms with Gasteiger partial charge < -0.3 is 9.47 Å². The number of Topliss-reactive ketones (excluding diaryl/α,β-unsaturated/α-hetero) is 1. The van der Waals surface area contributed by atoms with Crippen molar-refractivity contribution < 1.29 is 14.3 Å². The van der Waals surface area contributed by atoms with Gasteiger partial charge in [-0.05, 0) is 25.2 Å². The molecule has 3 nitrogen and oxygen atoms in total. The molecule has 2 aliphatic carbocycles. The first-order valence-corrected chi connectivity index (χ1v) is 6.10. The van der Waals surface area contributed by atoms with Gasteiger partial charge in [0.2, 0.25) is 0 Å². The Morgan fingerprint density at radius 1 is 1.20 bits per heavy atom. The second kappa shape index (κ2) is 3.56. The summed E-state index contributed by atoms with van der Waals surface area (Å²) in [6, 6.07) is 0. The van der Waals surface area contributed by atoms with Gasteiger partial charge in [-0.1, -0.05) is 0 Å². The van der Waals surface area contributed by atoms with Gasteiger partial charge in [0.05, 0.1) is 13.2 Å². The van der Waals surface area contributed by atoms with Gasteiger partial charge in [0.1, 0.15) is 5.78 Å². The molecule has 84 valence electrons. The van der Waals surface area contributed by atoms with Crippen molar-refractivity contribution in [2.45, 2.75) is 44.3 Å². The van der Waals surface area contributed by atoms with Gasteiger partial charge in [-0.2, -0.15) is 0 Å². The Bertz CT molecular complexity index is 268. The molecule has 1 heterocycles. The Labute approximate surface area is 90.1 Å². The first-order chi connectivity index (χ1) is 7.30. The minimum atomic E-state index is -0.302. The van der Waals surface area contributed by atoms with Crippen molar-refractivity contribution in [2.24, 2.45) is 11.8 Å². The first-order valence-electron chi connectivity index (χ1n) is 6.10. The van der Waals surface area contributed by atoms with Crippen molar-refractivity contribution in [3.05, 3.63) is 0 Å². The quantitative estimate of drug-likeness (QED) is 0.612. The lowest BCUT2D eigenvalue weighted by molar-refractivity contribution is -0.230. The fourth-order valence-electron chi connectivity index (χ4n) is 3.60. The van der Waals surface area contributed by atoms with E-state index in [1.54, 1.807) is 0 Å². The summed E-state index contributed by atoms with van der Waals surface area (Å²) in [4.78, 5) is 11.4. The van der Waals surface area contributed by atoms with Gasteiger partial charge in [0, 0.05) is 25.2 Å². The van der Waals surface area contributed by atoms with Crippen molar-refractivity contribution in [2.75, 3.05) is 13.2 Å².